The Morgan fingerprint density at radius 2 is 1.38 bits per heavy atom. The maximum atomic E-state index is 6.03. The molecule has 1 aliphatic rings. The molecule has 3 rings (SSSR count). The minimum atomic E-state index is -0.0232. The van der Waals surface area contributed by atoms with Crippen molar-refractivity contribution in [2.24, 2.45) is 5.73 Å². The minimum Gasteiger partial charge on any atom is -0.399 e. The van der Waals surface area contributed by atoms with Crippen LogP contribution in [0.2, 0.25) is 0 Å². The van der Waals surface area contributed by atoms with Crippen molar-refractivity contribution in [1.29, 1.82) is 0 Å². The second-order valence-corrected chi connectivity index (χ2v) is 6.19. The van der Waals surface area contributed by atoms with Gasteiger partial charge in [0, 0.05) is 16.8 Å². The van der Waals surface area contributed by atoms with E-state index in [1.807, 2.05) is 12.1 Å². The Morgan fingerprint density at radius 3 is 1.86 bits per heavy atom. The molecule has 0 aliphatic heterocycles. The zero-order chi connectivity index (χ0) is 15.0. The summed E-state index contributed by atoms with van der Waals surface area (Å²) < 4.78 is 0. The average Bonchev–Trinajstić information content (AvgIpc) is 2.69. The number of anilines is 2. The topological polar surface area (TPSA) is 78.1 Å². The number of unbranched alkanes of at least 4 members (excludes halogenated alkanes) is 1. The van der Waals surface area contributed by atoms with Crippen molar-refractivity contribution in [3.8, 4) is 11.1 Å². The summed E-state index contributed by atoms with van der Waals surface area (Å²) in [7, 11) is 0. The Balaban J connectivity index is 2.14. The van der Waals surface area contributed by atoms with Gasteiger partial charge in [0.2, 0.25) is 0 Å². The molecule has 0 fully saturated rings. The summed E-state index contributed by atoms with van der Waals surface area (Å²) in [6, 6.07) is 12.5. The number of fused-ring (bicyclic) bond motifs is 3. The fraction of sp³-hybridized carbons (Fsp3) is 0.333. The molecule has 3 heteroatoms. The third-order valence-electron chi connectivity index (χ3n) is 4.70. The van der Waals surface area contributed by atoms with Gasteiger partial charge in [0.15, 0.2) is 0 Å². The summed E-state index contributed by atoms with van der Waals surface area (Å²) >= 11 is 0. The van der Waals surface area contributed by atoms with Crippen LogP contribution in [0.25, 0.3) is 11.1 Å². The molecule has 0 spiro atoms. The van der Waals surface area contributed by atoms with E-state index in [0.29, 0.717) is 0 Å². The highest BCUT2D eigenvalue weighted by atomic mass is 14.6. The molecule has 0 saturated carbocycles. The zero-order valence-corrected chi connectivity index (χ0v) is 12.5. The lowest BCUT2D eigenvalue weighted by atomic mass is 9.76. The fourth-order valence-electron chi connectivity index (χ4n) is 3.54. The van der Waals surface area contributed by atoms with Gasteiger partial charge < -0.3 is 17.2 Å². The van der Waals surface area contributed by atoms with Gasteiger partial charge in [-0.3, -0.25) is 0 Å². The van der Waals surface area contributed by atoms with Crippen molar-refractivity contribution >= 4 is 11.4 Å². The molecule has 0 heterocycles. The van der Waals surface area contributed by atoms with Crippen molar-refractivity contribution in [3.05, 3.63) is 47.5 Å². The second-order valence-electron chi connectivity index (χ2n) is 6.19. The zero-order valence-electron chi connectivity index (χ0n) is 12.5. The second kappa shape index (κ2) is 5.08. The van der Waals surface area contributed by atoms with Gasteiger partial charge >= 0.3 is 0 Å². The third-order valence-corrected chi connectivity index (χ3v) is 4.70. The van der Waals surface area contributed by atoms with Crippen LogP contribution >= 0.6 is 0 Å². The quantitative estimate of drug-likeness (QED) is 0.594. The van der Waals surface area contributed by atoms with Crippen LogP contribution in [-0.2, 0) is 5.41 Å². The predicted octanol–water partition coefficient (Wildman–Crippen LogP) is 3.27. The summed E-state index contributed by atoms with van der Waals surface area (Å²) in [5.74, 6) is 0. The van der Waals surface area contributed by atoms with Crippen LogP contribution in [0.15, 0.2) is 36.4 Å². The molecule has 3 nitrogen and oxygen atoms in total. The maximum Gasteiger partial charge on any atom is 0.0317 e. The number of nitrogens with two attached hydrogens (primary N) is 3. The summed E-state index contributed by atoms with van der Waals surface area (Å²) in [5.41, 5.74) is 24.5. The molecule has 2 aromatic carbocycles. The van der Waals surface area contributed by atoms with E-state index < -0.39 is 0 Å². The molecule has 110 valence electrons. The van der Waals surface area contributed by atoms with Gasteiger partial charge in [-0.1, -0.05) is 25.5 Å². The normalized spacial score (nSPS) is 14.8. The molecule has 0 unspecified atom stereocenters. The predicted molar refractivity (Wildman–Crippen MR) is 90.1 cm³/mol. The number of hydrogen-bond donors (Lipinski definition) is 3. The summed E-state index contributed by atoms with van der Waals surface area (Å²) in [6.45, 7) is 3.04. The first-order valence-electron chi connectivity index (χ1n) is 7.57. The van der Waals surface area contributed by atoms with Gasteiger partial charge in [0.1, 0.15) is 0 Å². The third kappa shape index (κ3) is 2.18. The van der Waals surface area contributed by atoms with Crippen molar-refractivity contribution < 1.29 is 0 Å². The Bertz CT molecular complexity index is 625. The highest BCUT2D eigenvalue weighted by molar-refractivity contribution is 5.83. The molecule has 0 bridgehead atoms. The number of hydrogen-bond acceptors (Lipinski definition) is 3. The number of rotatable bonds is 4. The lowest BCUT2D eigenvalue weighted by Crippen LogP contribution is -2.21. The Kier molecular flexibility index (Phi) is 3.38. The van der Waals surface area contributed by atoms with Crippen LogP contribution in [0, 0.1) is 0 Å². The number of benzene rings is 2. The van der Waals surface area contributed by atoms with Gasteiger partial charge in [-0.15, -0.1) is 0 Å². The SMILES string of the molecule is CC1(CCCCN)c2cc(N)ccc2-c2ccc(N)cc21. The van der Waals surface area contributed by atoms with E-state index in [4.69, 9.17) is 17.2 Å². The van der Waals surface area contributed by atoms with E-state index in [1.165, 1.54) is 22.3 Å². The largest absolute Gasteiger partial charge is 0.399 e. The maximum absolute atomic E-state index is 6.03. The molecule has 0 atom stereocenters. The molecule has 1 aliphatic carbocycles. The number of nitrogen functional groups attached to an aromatic ring is 2. The van der Waals surface area contributed by atoms with Gasteiger partial charge in [0.05, 0.1) is 0 Å². The summed E-state index contributed by atoms with van der Waals surface area (Å²) in [4.78, 5) is 0. The van der Waals surface area contributed by atoms with Crippen molar-refractivity contribution in [2.75, 3.05) is 18.0 Å². The first-order chi connectivity index (χ1) is 10.1. The van der Waals surface area contributed by atoms with E-state index in [-0.39, 0.29) is 5.41 Å². The monoisotopic (exact) mass is 281 g/mol. The Labute approximate surface area is 126 Å². The molecular weight excluding hydrogens is 258 g/mol. The van der Waals surface area contributed by atoms with Crippen LogP contribution in [0.5, 0.6) is 0 Å². The highest BCUT2D eigenvalue weighted by Crippen LogP contribution is 2.52. The Morgan fingerprint density at radius 1 is 0.857 bits per heavy atom. The van der Waals surface area contributed by atoms with E-state index in [0.717, 1.165) is 37.2 Å². The highest BCUT2D eigenvalue weighted by Gasteiger charge is 2.38. The van der Waals surface area contributed by atoms with Crippen molar-refractivity contribution in [1.82, 2.24) is 0 Å². The first-order valence-corrected chi connectivity index (χ1v) is 7.57. The molecule has 0 aromatic heterocycles. The molecule has 21 heavy (non-hydrogen) atoms. The van der Waals surface area contributed by atoms with Crippen LogP contribution in [0.4, 0.5) is 11.4 Å². The molecule has 0 amide bonds. The van der Waals surface area contributed by atoms with E-state index in [9.17, 15) is 0 Å². The van der Waals surface area contributed by atoms with E-state index in [1.54, 1.807) is 0 Å². The van der Waals surface area contributed by atoms with Crippen molar-refractivity contribution in [3.63, 3.8) is 0 Å². The average molecular weight is 281 g/mol. The first kappa shape index (κ1) is 14.0. The smallest absolute Gasteiger partial charge is 0.0317 e. The standard InChI is InChI=1S/C18H23N3/c1-18(8-2-3-9-19)16-10-12(20)4-6-14(16)15-7-5-13(21)11-17(15)18/h4-7,10-11H,2-3,8-9,19-21H2,1H3. The molecular formula is C18H23N3. The van der Waals surface area contributed by atoms with Crippen molar-refractivity contribution in [2.45, 2.75) is 31.6 Å². The summed E-state index contributed by atoms with van der Waals surface area (Å²) in [6.07, 6.45) is 3.22. The molecule has 0 radical (unpaired) electrons. The van der Waals surface area contributed by atoms with Crippen LogP contribution in [-0.4, -0.2) is 6.54 Å². The van der Waals surface area contributed by atoms with Gasteiger partial charge in [-0.2, -0.15) is 0 Å². The van der Waals surface area contributed by atoms with Crippen LogP contribution in [0.3, 0.4) is 0 Å². The lowest BCUT2D eigenvalue weighted by Gasteiger charge is -2.28. The van der Waals surface area contributed by atoms with E-state index >= 15 is 0 Å². The van der Waals surface area contributed by atoms with Gasteiger partial charge in [-0.25, -0.2) is 0 Å². The van der Waals surface area contributed by atoms with Crippen LogP contribution < -0.4 is 17.2 Å². The van der Waals surface area contributed by atoms with Gasteiger partial charge in [0.25, 0.3) is 0 Å². The fourth-order valence-corrected chi connectivity index (χ4v) is 3.54. The summed E-state index contributed by atoms with van der Waals surface area (Å²) in [5, 5.41) is 0. The van der Waals surface area contributed by atoms with E-state index in [2.05, 4.69) is 31.2 Å². The van der Waals surface area contributed by atoms with Crippen LogP contribution in [0.1, 0.15) is 37.3 Å². The molecule has 2 aromatic rings. The Hall–Kier alpha value is -2.00. The lowest BCUT2D eigenvalue weighted by molar-refractivity contribution is 0.498. The van der Waals surface area contributed by atoms with Gasteiger partial charge in [-0.05, 0) is 65.9 Å². The molecule has 0 saturated heterocycles. The minimum absolute atomic E-state index is 0.0232. The molecule has 6 N–H and O–H groups in total.